The lowest BCUT2D eigenvalue weighted by Crippen LogP contribution is -2.24. The highest BCUT2D eigenvalue weighted by Gasteiger charge is 2.18. The topological polar surface area (TPSA) is 83.5 Å². The van der Waals surface area contributed by atoms with Crippen molar-refractivity contribution in [2.75, 3.05) is 6.54 Å². The predicted octanol–water partition coefficient (Wildman–Crippen LogP) is 0.988. The van der Waals surface area contributed by atoms with Gasteiger partial charge in [0.1, 0.15) is 5.82 Å². The Bertz CT molecular complexity index is 553. The van der Waals surface area contributed by atoms with E-state index in [1.165, 1.54) is 6.08 Å². The van der Waals surface area contributed by atoms with Gasteiger partial charge in [-0.2, -0.15) is 0 Å². The molecule has 0 fully saturated rings. The van der Waals surface area contributed by atoms with Gasteiger partial charge in [-0.3, -0.25) is 0 Å². The quantitative estimate of drug-likeness (QED) is 0.772. The lowest BCUT2D eigenvalue weighted by molar-refractivity contribution is 0.0691. The van der Waals surface area contributed by atoms with Gasteiger partial charge < -0.3 is 5.11 Å². The van der Waals surface area contributed by atoms with E-state index in [0.29, 0.717) is 0 Å². The highest BCUT2D eigenvalue weighted by atomic mass is 32.2. The fourth-order valence-corrected chi connectivity index (χ4v) is 2.11. The first-order valence-corrected chi connectivity index (χ1v) is 6.00. The van der Waals surface area contributed by atoms with Crippen LogP contribution in [-0.2, 0) is 10.0 Å². The standard InChI is InChI=1S/C10H10FNO4S/c1-2-5-12-17(15,16)7-3-4-9(11)8(6-7)10(13)14/h2-4,6,12H,1,5H2,(H,13,14). The number of aromatic carboxylic acids is 1. The van der Waals surface area contributed by atoms with Crippen LogP contribution >= 0.6 is 0 Å². The predicted molar refractivity (Wildman–Crippen MR) is 58.7 cm³/mol. The average Bonchev–Trinajstić information content (AvgIpc) is 2.26. The van der Waals surface area contributed by atoms with Gasteiger partial charge in [0, 0.05) is 6.54 Å². The van der Waals surface area contributed by atoms with E-state index < -0.39 is 27.4 Å². The number of halogens is 1. The first kappa shape index (κ1) is 13.3. The van der Waals surface area contributed by atoms with E-state index >= 15 is 0 Å². The summed E-state index contributed by atoms with van der Waals surface area (Å²) in [4.78, 5) is 10.3. The van der Waals surface area contributed by atoms with E-state index in [2.05, 4.69) is 11.3 Å². The highest BCUT2D eigenvalue weighted by Crippen LogP contribution is 2.14. The number of carbonyl (C=O) groups is 1. The van der Waals surface area contributed by atoms with Gasteiger partial charge in [-0.15, -0.1) is 6.58 Å². The van der Waals surface area contributed by atoms with Crippen LogP contribution in [0.4, 0.5) is 4.39 Å². The molecule has 0 saturated carbocycles. The summed E-state index contributed by atoms with van der Waals surface area (Å²) in [6.07, 6.45) is 1.33. The molecule has 2 N–H and O–H groups in total. The van der Waals surface area contributed by atoms with E-state index in [1.54, 1.807) is 0 Å². The molecule has 0 radical (unpaired) electrons. The van der Waals surface area contributed by atoms with Crippen LogP contribution in [0.3, 0.4) is 0 Å². The molecule has 0 aliphatic carbocycles. The molecule has 0 bridgehead atoms. The monoisotopic (exact) mass is 259 g/mol. The first-order chi connectivity index (χ1) is 7.88. The molecular weight excluding hydrogens is 249 g/mol. The fourth-order valence-electron chi connectivity index (χ4n) is 1.09. The molecule has 0 aliphatic rings. The van der Waals surface area contributed by atoms with Crippen LogP contribution in [0.5, 0.6) is 0 Å². The smallest absolute Gasteiger partial charge is 0.338 e. The Hall–Kier alpha value is -1.73. The van der Waals surface area contributed by atoms with Crippen molar-refractivity contribution in [3.63, 3.8) is 0 Å². The number of hydrogen-bond donors (Lipinski definition) is 2. The number of carboxylic acid groups (broad SMARTS) is 1. The minimum Gasteiger partial charge on any atom is -0.478 e. The van der Waals surface area contributed by atoms with Gasteiger partial charge in [-0.05, 0) is 18.2 Å². The van der Waals surface area contributed by atoms with Crippen molar-refractivity contribution in [2.24, 2.45) is 0 Å². The Morgan fingerprint density at radius 3 is 2.71 bits per heavy atom. The minimum absolute atomic E-state index is 0.00210. The Morgan fingerprint density at radius 2 is 2.18 bits per heavy atom. The van der Waals surface area contributed by atoms with E-state index in [0.717, 1.165) is 18.2 Å². The summed E-state index contributed by atoms with van der Waals surface area (Å²) >= 11 is 0. The van der Waals surface area contributed by atoms with E-state index in [-0.39, 0.29) is 11.4 Å². The van der Waals surface area contributed by atoms with Gasteiger partial charge in [0.05, 0.1) is 10.5 Å². The van der Waals surface area contributed by atoms with Crippen LogP contribution < -0.4 is 4.72 Å². The molecule has 17 heavy (non-hydrogen) atoms. The Labute approximate surface area is 97.6 Å². The number of rotatable bonds is 5. The van der Waals surface area contributed by atoms with Gasteiger partial charge in [0.25, 0.3) is 0 Å². The first-order valence-electron chi connectivity index (χ1n) is 4.52. The molecule has 0 aliphatic heterocycles. The molecule has 0 spiro atoms. The van der Waals surface area contributed by atoms with E-state index in [1.807, 2.05) is 0 Å². The van der Waals surface area contributed by atoms with Gasteiger partial charge >= 0.3 is 5.97 Å². The Balaban J connectivity index is 3.20. The van der Waals surface area contributed by atoms with E-state index in [9.17, 15) is 17.6 Å². The summed E-state index contributed by atoms with van der Waals surface area (Å²) in [5.41, 5.74) is -0.688. The lowest BCUT2D eigenvalue weighted by Gasteiger charge is -2.05. The number of hydrogen-bond acceptors (Lipinski definition) is 3. The summed E-state index contributed by atoms with van der Waals surface area (Å²) in [5, 5.41) is 8.66. The maximum absolute atomic E-state index is 13.0. The Morgan fingerprint density at radius 1 is 1.53 bits per heavy atom. The van der Waals surface area contributed by atoms with Gasteiger partial charge in [0.15, 0.2) is 0 Å². The third kappa shape index (κ3) is 3.11. The van der Waals surface area contributed by atoms with Crippen molar-refractivity contribution in [3.05, 3.63) is 42.2 Å². The lowest BCUT2D eigenvalue weighted by atomic mass is 10.2. The molecule has 1 rings (SSSR count). The largest absolute Gasteiger partial charge is 0.478 e. The van der Waals surface area contributed by atoms with Crippen molar-refractivity contribution < 1.29 is 22.7 Å². The zero-order chi connectivity index (χ0) is 13.1. The normalized spacial score (nSPS) is 11.1. The van der Waals surface area contributed by atoms with Crippen LogP contribution in [0.2, 0.25) is 0 Å². The fraction of sp³-hybridized carbons (Fsp3) is 0.100. The average molecular weight is 259 g/mol. The molecular formula is C10H10FNO4S. The second-order valence-electron chi connectivity index (χ2n) is 3.09. The van der Waals surface area contributed by atoms with Crippen molar-refractivity contribution >= 4 is 16.0 Å². The van der Waals surface area contributed by atoms with Crippen LogP contribution in [0.15, 0.2) is 35.7 Å². The van der Waals surface area contributed by atoms with Crippen LogP contribution in [0.1, 0.15) is 10.4 Å². The van der Waals surface area contributed by atoms with E-state index in [4.69, 9.17) is 5.11 Å². The maximum Gasteiger partial charge on any atom is 0.338 e. The molecule has 0 atom stereocenters. The van der Waals surface area contributed by atoms with Crippen molar-refractivity contribution in [1.29, 1.82) is 0 Å². The van der Waals surface area contributed by atoms with Gasteiger partial charge in [-0.1, -0.05) is 6.08 Å². The second-order valence-corrected chi connectivity index (χ2v) is 4.85. The zero-order valence-corrected chi connectivity index (χ0v) is 9.50. The summed E-state index contributed by atoms with van der Waals surface area (Å²) < 4.78 is 38.4. The van der Waals surface area contributed by atoms with Crippen LogP contribution in [0.25, 0.3) is 0 Å². The highest BCUT2D eigenvalue weighted by molar-refractivity contribution is 7.89. The molecule has 1 aromatic carbocycles. The van der Waals surface area contributed by atoms with Crippen molar-refractivity contribution in [3.8, 4) is 0 Å². The third-order valence-electron chi connectivity index (χ3n) is 1.90. The van der Waals surface area contributed by atoms with Crippen molar-refractivity contribution in [1.82, 2.24) is 4.72 Å². The minimum atomic E-state index is -3.85. The van der Waals surface area contributed by atoms with Crippen molar-refractivity contribution in [2.45, 2.75) is 4.90 Å². The number of benzene rings is 1. The number of carboxylic acids is 1. The van der Waals surface area contributed by atoms with Gasteiger partial charge in [0.2, 0.25) is 10.0 Å². The zero-order valence-electron chi connectivity index (χ0n) is 8.68. The molecule has 0 aromatic heterocycles. The Kier molecular flexibility index (Phi) is 3.97. The van der Waals surface area contributed by atoms with Crippen LogP contribution in [0, 0.1) is 5.82 Å². The molecule has 92 valence electrons. The molecule has 0 amide bonds. The molecule has 0 unspecified atom stereocenters. The maximum atomic E-state index is 13.0. The SMILES string of the molecule is C=CCNS(=O)(=O)c1ccc(F)c(C(=O)O)c1. The third-order valence-corrected chi connectivity index (χ3v) is 3.32. The van der Waals surface area contributed by atoms with Gasteiger partial charge in [-0.25, -0.2) is 22.3 Å². The molecule has 0 heterocycles. The summed E-state index contributed by atoms with van der Waals surface area (Å²) in [7, 11) is -3.85. The second kappa shape index (κ2) is 5.07. The van der Waals surface area contributed by atoms with Crippen LogP contribution in [-0.4, -0.2) is 26.0 Å². The summed E-state index contributed by atoms with van der Waals surface area (Å²) in [6.45, 7) is 3.34. The number of sulfonamides is 1. The summed E-state index contributed by atoms with van der Waals surface area (Å²) in [5.74, 6) is -2.51. The molecule has 7 heteroatoms. The summed E-state index contributed by atoms with van der Waals surface area (Å²) in [6, 6.07) is 2.56. The molecule has 1 aromatic rings. The molecule has 0 saturated heterocycles. The number of nitrogens with one attached hydrogen (secondary N) is 1. The molecule has 5 nitrogen and oxygen atoms in total.